The molecule has 1 unspecified atom stereocenters. The number of nitrogens with one attached hydrogen (secondary N) is 1. The van der Waals surface area contributed by atoms with Gasteiger partial charge in [-0.1, -0.05) is 26.7 Å². The Kier molecular flexibility index (Phi) is 3.91. The SMILES string of the molecule is CC(C)C1CNC2(CCCC2)CN1c1cc(F)cc(F)c1. The second-order valence-corrected chi connectivity index (χ2v) is 6.94. The van der Waals surface area contributed by atoms with Gasteiger partial charge in [-0.2, -0.15) is 0 Å². The van der Waals surface area contributed by atoms with Crippen LogP contribution in [-0.4, -0.2) is 24.7 Å². The van der Waals surface area contributed by atoms with E-state index in [0.717, 1.165) is 32.0 Å². The molecule has 1 spiro atoms. The second kappa shape index (κ2) is 5.56. The average Bonchev–Trinajstić information content (AvgIpc) is 2.85. The molecule has 1 aliphatic heterocycles. The number of piperazine rings is 1. The number of hydrogen-bond donors (Lipinski definition) is 1. The van der Waals surface area contributed by atoms with Gasteiger partial charge in [0.15, 0.2) is 0 Å². The van der Waals surface area contributed by atoms with Crippen LogP contribution in [0.2, 0.25) is 0 Å². The largest absolute Gasteiger partial charge is 0.365 e. The van der Waals surface area contributed by atoms with Crippen LogP contribution in [0.1, 0.15) is 39.5 Å². The molecular weight excluding hydrogens is 270 g/mol. The van der Waals surface area contributed by atoms with Crippen molar-refractivity contribution in [2.45, 2.75) is 51.1 Å². The van der Waals surface area contributed by atoms with Crippen molar-refractivity contribution in [2.24, 2.45) is 5.92 Å². The summed E-state index contributed by atoms with van der Waals surface area (Å²) in [7, 11) is 0. The molecule has 1 aromatic rings. The molecule has 0 bridgehead atoms. The summed E-state index contributed by atoms with van der Waals surface area (Å²) in [6, 6.07) is 4.15. The Morgan fingerprint density at radius 2 is 1.76 bits per heavy atom. The zero-order valence-electron chi connectivity index (χ0n) is 12.8. The molecule has 1 saturated carbocycles. The van der Waals surface area contributed by atoms with Crippen LogP contribution in [0.3, 0.4) is 0 Å². The molecule has 1 atom stereocenters. The Morgan fingerprint density at radius 3 is 2.33 bits per heavy atom. The van der Waals surface area contributed by atoms with Crippen LogP contribution in [0.15, 0.2) is 18.2 Å². The number of nitrogens with zero attached hydrogens (tertiary/aromatic N) is 1. The number of hydrogen-bond acceptors (Lipinski definition) is 2. The number of anilines is 1. The highest BCUT2D eigenvalue weighted by Gasteiger charge is 2.42. The van der Waals surface area contributed by atoms with E-state index >= 15 is 0 Å². The van der Waals surface area contributed by atoms with Gasteiger partial charge in [0.1, 0.15) is 11.6 Å². The van der Waals surface area contributed by atoms with Crippen LogP contribution < -0.4 is 10.2 Å². The topological polar surface area (TPSA) is 15.3 Å². The van der Waals surface area contributed by atoms with E-state index in [-0.39, 0.29) is 11.6 Å². The van der Waals surface area contributed by atoms with Crippen molar-refractivity contribution >= 4 is 5.69 Å². The Labute approximate surface area is 125 Å². The summed E-state index contributed by atoms with van der Waals surface area (Å²) in [5, 5.41) is 3.73. The van der Waals surface area contributed by atoms with Crippen molar-refractivity contribution in [1.29, 1.82) is 0 Å². The van der Waals surface area contributed by atoms with Gasteiger partial charge in [-0.25, -0.2) is 8.78 Å². The summed E-state index contributed by atoms with van der Waals surface area (Å²) >= 11 is 0. The minimum Gasteiger partial charge on any atom is -0.365 e. The van der Waals surface area contributed by atoms with Gasteiger partial charge in [0, 0.05) is 36.4 Å². The monoisotopic (exact) mass is 294 g/mol. The summed E-state index contributed by atoms with van der Waals surface area (Å²) in [5.74, 6) is -0.555. The van der Waals surface area contributed by atoms with Crippen LogP contribution in [0.4, 0.5) is 14.5 Å². The van der Waals surface area contributed by atoms with Gasteiger partial charge in [-0.3, -0.25) is 0 Å². The fourth-order valence-electron chi connectivity index (χ4n) is 3.90. The van der Waals surface area contributed by atoms with E-state index in [4.69, 9.17) is 0 Å². The van der Waals surface area contributed by atoms with Crippen molar-refractivity contribution in [3.63, 3.8) is 0 Å². The number of halogens is 2. The first-order chi connectivity index (χ1) is 9.99. The van der Waals surface area contributed by atoms with E-state index in [1.807, 2.05) is 0 Å². The summed E-state index contributed by atoms with van der Waals surface area (Å²) in [6.45, 7) is 6.07. The van der Waals surface area contributed by atoms with Crippen molar-refractivity contribution in [2.75, 3.05) is 18.0 Å². The molecule has 3 rings (SSSR count). The molecule has 2 nitrogen and oxygen atoms in total. The van der Waals surface area contributed by atoms with Gasteiger partial charge in [0.2, 0.25) is 0 Å². The molecular formula is C17H24F2N2. The highest BCUT2D eigenvalue weighted by atomic mass is 19.1. The van der Waals surface area contributed by atoms with E-state index in [1.54, 1.807) is 0 Å². The maximum atomic E-state index is 13.6. The zero-order chi connectivity index (χ0) is 15.0. The Bertz CT molecular complexity index is 489. The predicted molar refractivity (Wildman–Crippen MR) is 81.5 cm³/mol. The first-order valence-electron chi connectivity index (χ1n) is 7.97. The normalized spacial score (nSPS) is 25.0. The molecule has 2 aliphatic rings. The molecule has 1 saturated heterocycles. The molecule has 1 aromatic carbocycles. The number of benzene rings is 1. The molecule has 1 N–H and O–H groups in total. The lowest BCUT2D eigenvalue weighted by Crippen LogP contribution is -2.64. The lowest BCUT2D eigenvalue weighted by molar-refractivity contribution is 0.245. The van der Waals surface area contributed by atoms with Crippen molar-refractivity contribution < 1.29 is 8.78 Å². The molecule has 21 heavy (non-hydrogen) atoms. The second-order valence-electron chi connectivity index (χ2n) is 6.94. The van der Waals surface area contributed by atoms with Gasteiger partial charge in [-0.15, -0.1) is 0 Å². The third kappa shape index (κ3) is 2.91. The molecule has 1 heterocycles. The number of rotatable bonds is 2. The maximum Gasteiger partial charge on any atom is 0.128 e. The summed E-state index contributed by atoms with van der Waals surface area (Å²) in [4.78, 5) is 2.22. The standard InChI is InChI=1S/C17H24F2N2/c1-12(2)16-10-20-17(5-3-4-6-17)11-21(16)15-8-13(18)7-14(19)9-15/h7-9,12,16,20H,3-6,10-11H2,1-2H3. The van der Waals surface area contributed by atoms with E-state index < -0.39 is 11.6 Å². The van der Waals surface area contributed by atoms with E-state index in [9.17, 15) is 8.78 Å². The Hall–Kier alpha value is -1.16. The Balaban J connectivity index is 1.93. The smallest absolute Gasteiger partial charge is 0.128 e. The van der Waals surface area contributed by atoms with Gasteiger partial charge in [-0.05, 0) is 30.9 Å². The lowest BCUT2D eigenvalue weighted by Gasteiger charge is -2.49. The van der Waals surface area contributed by atoms with Gasteiger partial charge in [0.25, 0.3) is 0 Å². The highest BCUT2D eigenvalue weighted by Crippen LogP contribution is 2.36. The maximum absolute atomic E-state index is 13.6. The lowest BCUT2D eigenvalue weighted by atomic mass is 9.88. The van der Waals surface area contributed by atoms with Crippen molar-refractivity contribution in [3.8, 4) is 0 Å². The Morgan fingerprint density at radius 1 is 1.14 bits per heavy atom. The predicted octanol–water partition coefficient (Wildman–Crippen LogP) is 3.71. The molecule has 1 aliphatic carbocycles. The quantitative estimate of drug-likeness (QED) is 0.894. The first kappa shape index (κ1) is 14.8. The molecule has 2 fully saturated rings. The minimum atomic E-state index is -0.494. The van der Waals surface area contributed by atoms with Gasteiger partial charge < -0.3 is 10.2 Å². The summed E-state index contributed by atoms with van der Waals surface area (Å²) in [6.07, 6.45) is 4.80. The molecule has 4 heteroatoms. The van der Waals surface area contributed by atoms with Crippen molar-refractivity contribution in [3.05, 3.63) is 29.8 Å². The van der Waals surface area contributed by atoms with E-state index in [1.165, 1.54) is 25.0 Å². The third-order valence-electron chi connectivity index (χ3n) is 5.07. The highest BCUT2D eigenvalue weighted by molar-refractivity contribution is 5.49. The minimum absolute atomic E-state index is 0.133. The van der Waals surface area contributed by atoms with Crippen LogP contribution in [0, 0.1) is 17.6 Å². The van der Waals surface area contributed by atoms with Crippen LogP contribution in [0.25, 0.3) is 0 Å². The van der Waals surface area contributed by atoms with Crippen LogP contribution in [-0.2, 0) is 0 Å². The first-order valence-corrected chi connectivity index (χ1v) is 7.97. The summed E-state index contributed by atoms with van der Waals surface area (Å²) < 4.78 is 27.2. The van der Waals surface area contributed by atoms with Crippen LogP contribution >= 0.6 is 0 Å². The fourth-order valence-corrected chi connectivity index (χ4v) is 3.90. The van der Waals surface area contributed by atoms with E-state index in [2.05, 4.69) is 24.1 Å². The van der Waals surface area contributed by atoms with Gasteiger partial charge >= 0.3 is 0 Å². The molecule has 0 radical (unpaired) electrons. The van der Waals surface area contributed by atoms with Crippen molar-refractivity contribution in [1.82, 2.24) is 5.32 Å². The zero-order valence-corrected chi connectivity index (χ0v) is 12.8. The van der Waals surface area contributed by atoms with Crippen LogP contribution in [0.5, 0.6) is 0 Å². The summed E-state index contributed by atoms with van der Waals surface area (Å²) in [5.41, 5.74) is 0.813. The molecule has 0 aromatic heterocycles. The van der Waals surface area contributed by atoms with Gasteiger partial charge in [0.05, 0.1) is 0 Å². The fraction of sp³-hybridized carbons (Fsp3) is 0.647. The van der Waals surface area contributed by atoms with E-state index in [0.29, 0.717) is 11.6 Å². The molecule has 0 amide bonds. The molecule has 116 valence electrons. The third-order valence-corrected chi connectivity index (χ3v) is 5.07. The average molecular weight is 294 g/mol.